The molecule has 25 heavy (non-hydrogen) atoms. The van der Waals surface area contributed by atoms with Gasteiger partial charge in [0, 0.05) is 24.1 Å². The lowest BCUT2D eigenvalue weighted by molar-refractivity contribution is 0.102. The van der Waals surface area contributed by atoms with Crippen LogP contribution in [0, 0.1) is 5.82 Å². The van der Waals surface area contributed by atoms with Crippen molar-refractivity contribution in [2.24, 2.45) is 0 Å². The SMILES string of the molecule is O=C(Nc1cccc(F)c1)c1cncc(N2CCc3ccccc32)c1. The van der Waals surface area contributed by atoms with Gasteiger partial charge in [-0.05, 0) is 42.3 Å². The number of nitrogens with one attached hydrogen (secondary N) is 1. The summed E-state index contributed by atoms with van der Waals surface area (Å²) in [6, 6.07) is 15.9. The van der Waals surface area contributed by atoms with Crippen molar-refractivity contribution in [3.8, 4) is 0 Å². The van der Waals surface area contributed by atoms with Crippen molar-refractivity contribution in [3.63, 3.8) is 0 Å². The second kappa shape index (κ2) is 6.36. The van der Waals surface area contributed by atoms with Gasteiger partial charge in [0.25, 0.3) is 5.91 Å². The van der Waals surface area contributed by atoms with Crippen LogP contribution in [-0.2, 0) is 6.42 Å². The number of pyridine rings is 1. The maximum atomic E-state index is 13.3. The van der Waals surface area contributed by atoms with Crippen LogP contribution in [0.4, 0.5) is 21.5 Å². The molecule has 4 rings (SSSR count). The third kappa shape index (κ3) is 3.08. The molecule has 1 amide bonds. The minimum absolute atomic E-state index is 0.313. The number of halogens is 1. The van der Waals surface area contributed by atoms with Gasteiger partial charge in [0.2, 0.25) is 0 Å². The van der Waals surface area contributed by atoms with E-state index >= 15 is 0 Å². The fraction of sp³-hybridized carbons (Fsp3) is 0.100. The summed E-state index contributed by atoms with van der Waals surface area (Å²) >= 11 is 0. The number of nitrogens with zero attached hydrogens (tertiary/aromatic N) is 2. The zero-order chi connectivity index (χ0) is 17.2. The molecule has 1 aliphatic heterocycles. The third-order valence-electron chi connectivity index (χ3n) is 4.27. The third-order valence-corrected chi connectivity index (χ3v) is 4.27. The molecule has 124 valence electrons. The molecule has 1 aromatic heterocycles. The van der Waals surface area contributed by atoms with E-state index in [2.05, 4.69) is 27.3 Å². The lowest BCUT2D eigenvalue weighted by Gasteiger charge is -2.19. The van der Waals surface area contributed by atoms with Gasteiger partial charge >= 0.3 is 0 Å². The monoisotopic (exact) mass is 333 g/mol. The molecule has 0 radical (unpaired) electrons. The van der Waals surface area contributed by atoms with Crippen molar-refractivity contribution in [1.82, 2.24) is 4.98 Å². The molecule has 0 unspecified atom stereocenters. The summed E-state index contributed by atoms with van der Waals surface area (Å²) in [7, 11) is 0. The van der Waals surface area contributed by atoms with Crippen LogP contribution < -0.4 is 10.2 Å². The number of hydrogen-bond acceptors (Lipinski definition) is 3. The first kappa shape index (κ1) is 15.3. The van der Waals surface area contributed by atoms with Gasteiger partial charge in [-0.3, -0.25) is 9.78 Å². The summed E-state index contributed by atoms with van der Waals surface area (Å²) in [6.07, 6.45) is 4.23. The van der Waals surface area contributed by atoms with E-state index in [0.717, 1.165) is 24.3 Å². The highest BCUT2D eigenvalue weighted by atomic mass is 19.1. The average molecular weight is 333 g/mol. The molecule has 0 atom stereocenters. The molecule has 3 aromatic rings. The Morgan fingerprint density at radius 1 is 1.08 bits per heavy atom. The predicted molar refractivity (Wildman–Crippen MR) is 95.7 cm³/mol. The van der Waals surface area contributed by atoms with Crippen LogP contribution in [0.2, 0.25) is 0 Å². The summed E-state index contributed by atoms with van der Waals surface area (Å²) in [5, 5.41) is 2.70. The smallest absolute Gasteiger partial charge is 0.257 e. The van der Waals surface area contributed by atoms with E-state index in [1.807, 2.05) is 18.2 Å². The van der Waals surface area contributed by atoms with Gasteiger partial charge in [-0.2, -0.15) is 0 Å². The summed E-state index contributed by atoms with van der Waals surface area (Å²) in [4.78, 5) is 18.8. The zero-order valence-electron chi connectivity index (χ0n) is 13.4. The topological polar surface area (TPSA) is 45.2 Å². The Morgan fingerprint density at radius 3 is 2.84 bits per heavy atom. The summed E-state index contributed by atoms with van der Waals surface area (Å²) in [5.41, 5.74) is 4.16. The lowest BCUT2D eigenvalue weighted by Crippen LogP contribution is -2.16. The molecule has 0 saturated heterocycles. The maximum absolute atomic E-state index is 13.3. The maximum Gasteiger partial charge on any atom is 0.257 e. The number of rotatable bonds is 3. The number of fused-ring (bicyclic) bond motifs is 1. The van der Waals surface area contributed by atoms with Crippen LogP contribution >= 0.6 is 0 Å². The van der Waals surface area contributed by atoms with Gasteiger partial charge in [-0.1, -0.05) is 24.3 Å². The number of benzene rings is 2. The van der Waals surface area contributed by atoms with Crippen molar-refractivity contribution in [2.75, 3.05) is 16.8 Å². The summed E-state index contributed by atoms with van der Waals surface area (Å²) in [5.74, 6) is -0.703. The number of carbonyl (C=O) groups excluding carboxylic acids is 1. The molecule has 0 fully saturated rings. The highest BCUT2D eigenvalue weighted by molar-refractivity contribution is 6.04. The normalized spacial score (nSPS) is 12.8. The molecule has 4 nitrogen and oxygen atoms in total. The first-order valence-corrected chi connectivity index (χ1v) is 8.08. The van der Waals surface area contributed by atoms with Gasteiger partial charge in [0.1, 0.15) is 5.82 Å². The van der Waals surface area contributed by atoms with Gasteiger partial charge in [0.15, 0.2) is 0 Å². The quantitative estimate of drug-likeness (QED) is 0.782. The molecular formula is C20H16FN3O. The number of anilines is 3. The van der Waals surface area contributed by atoms with Crippen molar-refractivity contribution in [1.29, 1.82) is 0 Å². The Hall–Kier alpha value is -3.21. The Morgan fingerprint density at radius 2 is 1.96 bits per heavy atom. The molecule has 1 aliphatic rings. The van der Waals surface area contributed by atoms with Gasteiger partial charge in [-0.25, -0.2) is 4.39 Å². The van der Waals surface area contributed by atoms with Crippen LogP contribution in [0.3, 0.4) is 0 Å². The van der Waals surface area contributed by atoms with Crippen LogP contribution in [0.5, 0.6) is 0 Å². The second-order valence-electron chi connectivity index (χ2n) is 5.93. The number of hydrogen-bond donors (Lipinski definition) is 1. The Balaban J connectivity index is 1.59. The van der Waals surface area contributed by atoms with Gasteiger partial charge < -0.3 is 10.2 Å². The molecule has 2 aromatic carbocycles. The minimum Gasteiger partial charge on any atom is -0.340 e. The van der Waals surface area contributed by atoms with Crippen LogP contribution in [0.15, 0.2) is 67.0 Å². The molecule has 0 saturated carbocycles. The molecule has 5 heteroatoms. The van der Waals surface area contributed by atoms with E-state index in [1.54, 1.807) is 18.3 Å². The highest BCUT2D eigenvalue weighted by Crippen LogP contribution is 2.34. The largest absolute Gasteiger partial charge is 0.340 e. The standard InChI is InChI=1S/C20H16FN3O/c21-16-5-3-6-17(11-16)23-20(25)15-10-18(13-22-12-15)24-9-8-14-4-1-2-7-19(14)24/h1-7,10-13H,8-9H2,(H,23,25). The van der Waals surface area contributed by atoms with Crippen molar-refractivity contribution in [2.45, 2.75) is 6.42 Å². The average Bonchev–Trinajstić information content (AvgIpc) is 3.06. The van der Waals surface area contributed by atoms with Crippen LogP contribution in [-0.4, -0.2) is 17.4 Å². The Kier molecular flexibility index (Phi) is 3.90. The first-order chi connectivity index (χ1) is 12.2. The van der Waals surface area contributed by atoms with E-state index in [4.69, 9.17) is 0 Å². The summed E-state index contributed by atoms with van der Waals surface area (Å²) < 4.78 is 13.3. The fourth-order valence-electron chi connectivity index (χ4n) is 3.08. The number of aromatic nitrogens is 1. The van der Waals surface area contributed by atoms with Gasteiger partial charge in [-0.15, -0.1) is 0 Å². The van der Waals surface area contributed by atoms with E-state index < -0.39 is 5.82 Å². The highest BCUT2D eigenvalue weighted by Gasteiger charge is 2.20. The van der Waals surface area contributed by atoms with Crippen molar-refractivity contribution < 1.29 is 9.18 Å². The second-order valence-corrected chi connectivity index (χ2v) is 5.93. The fourth-order valence-corrected chi connectivity index (χ4v) is 3.08. The van der Waals surface area contributed by atoms with Gasteiger partial charge in [0.05, 0.1) is 17.4 Å². The van der Waals surface area contributed by atoms with Crippen LogP contribution in [0.25, 0.3) is 0 Å². The molecule has 2 heterocycles. The number of carbonyl (C=O) groups is 1. The minimum atomic E-state index is -0.390. The zero-order valence-corrected chi connectivity index (χ0v) is 13.4. The van der Waals surface area contributed by atoms with Crippen LogP contribution in [0.1, 0.15) is 15.9 Å². The molecular weight excluding hydrogens is 317 g/mol. The van der Waals surface area contributed by atoms with Crippen molar-refractivity contribution >= 4 is 23.0 Å². The number of amides is 1. The molecule has 0 aliphatic carbocycles. The first-order valence-electron chi connectivity index (χ1n) is 8.08. The van der Waals surface area contributed by atoms with E-state index in [1.165, 1.54) is 23.9 Å². The summed E-state index contributed by atoms with van der Waals surface area (Å²) in [6.45, 7) is 0.857. The molecule has 0 spiro atoms. The molecule has 0 bridgehead atoms. The molecule has 1 N–H and O–H groups in total. The van der Waals surface area contributed by atoms with E-state index in [9.17, 15) is 9.18 Å². The lowest BCUT2D eigenvalue weighted by atomic mass is 10.2. The van der Waals surface area contributed by atoms with Crippen molar-refractivity contribution in [3.05, 3.63) is 83.9 Å². The Labute approximate surface area is 144 Å². The van der Waals surface area contributed by atoms with E-state index in [0.29, 0.717) is 11.3 Å². The Bertz CT molecular complexity index is 941. The predicted octanol–water partition coefficient (Wildman–Crippen LogP) is 4.17. The number of para-hydroxylation sites is 1. The van der Waals surface area contributed by atoms with E-state index in [-0.39, 0.29) is 5.91 Å².